The Bertz CT molecular complexity index is 670. The molecule has 3 heterocycles. The molecule has 3 fully saturated rings. The number of esters is 1. The van der Waals surface area contributed by atoms with Gasteiger partial charge in [0.25, 0.3) is 0 Å². The molecule has 3 saturated heterocycles. The standard InChI is InChI=1S/C19H23NO3/c1-13-10-15(21)11-14-2-3-16(17(13)14)18(22)23-12-19-4-7-20(8-5-19)9-6-19/h3,10-11,21H,2,4-9,12H2,1H3. The first-order valence-corrected chi connectivity index (χ1v) is 8.49. The molecule has 1 N–H and O–H groups in total. The maximum absolute atomic E-state index is 12.6. The van der Waals surface area contributed by atoms with Crippen molar-refractivity contribution < 1.29 is 14.6 Å². The molecule has 0 saturated carbocycles. The van der Waals surface area contributed by atoms with Crippen LogP contribution in [0.5, 0.6) is 5.75 Å². The number of rotatable bonds is 3. The highest BCUT2D eigenvalue weighted by molar-refractivity contribution is 6.18. The van der Waals surface area contributed by atoms with E-state index in [0.29, 0.717) is 18.6 Å². The first kappa shape index (κ1) is 14.8. The summed E-state index contributed by atoms with van der Waals surface area (Å²) in [5, 5.41) is 9.70. The topological polar surface area (TPSA) is 49.8 Å². The molecule has 1 aromatic rings. The molecule has 0 aromatic heterocycles. The second-order valence-electron chi connectivity index (χ2n) is 7.29. The molecule has 4 heteroatoms. The summed E-state index contributed by atoms with van der Waals surface area (Å²) in [6.07, 6.45) is 6.05. The third kappa shape index (κ3) is 2.55. The first-order valence-electron chi connectivity index (χ1n) is 8.49. The summed E-state index contributed by atoms with van der Waals surface area (Å²) in [6, 6.07) is 3.45. The molecule has 3 aliphatic heterocycles. The summed E-state index contributed by atoms with van der Waals surface area (Å²) in [4.78, 5) is 15.1. The van der Waals surface area contributed by atoms with E-state index >= 15 is 0 Å². The zero-order valence-electron chi connectivity index (χ0n) is 13.6. The number of nitrogens with zero attached hydrogens (tertiary/aromatic N) is 1. The third-order valence-electron chi connectivity index (χ3n) is 5.80. The van der Waals surface area contributed by atoms with Crippen LogP contribution in [-0.4, -0.2) is 42.2 Å². The molecule has 5 rings (SSSR count). The number of piperidine rings is 3. The monoisotopic (exact) mass is 313 g/mol. The lowest BCUT2D eigenvalue weighted by Gasteiger charge is -2.47. The molecule has 0 radical (unpaired) electrons. The molecule has 4 nitrogen and oxygen atoms in total. The van der Waals surface area contributed by atoms with Gasteiger partial charge in [0.05, 0.1) is 12.2 Å². The van der Waals surface area contributed by atoms with E-state index in [-0.39, 0.29) is 17.1 Å². The molecule has 1 aromatic carbocycles. The van der Waals surface area contributed by atoms with Crippen LogP contribution >= 0.6 is 0 Å². The number of aromatic hydroxyl groups is 1. The smallest absolute Gasteiger partial charge is 0.338 e. The minimum atomic E-state index is -0.208. The molecule has 1 aliphatic carbocycles. The third-order valence-corrected chi connectivity index (χ3v) is 5.80. The van der Waals surface area contributed by atoms with Crippen LogP contribution in [0.4, 0.5) is 0 Å². The highest BCUT2D eigenvalue weighted by Gasteiger charge is 2.40. The number of hydrogen-bond acceptors (Lipinski definition) is 4. The number of phenolic OH excluding ortho intramolecular Hbond substituents is 1. The maximum atomic E-state index is 12.6. The van der Waals surface area contributed by atoms with Crippen molar-refractivity contribution in [3.05, 3.63) is 34.9 Å². The van der Waals surface area contributed by atoms with Crippen LogP contribution in [0.1, 0.15) is 36.0 Å². The van der Waals surface area contributed by atoms with Crippen LogP contribution < -0.4 is 0 Å². The van der Waals surface area contributed by atoms with Gasteiger partial charge in [0.15, 0.2) is 0 Å². The van der Waals surface area contributed by atoms with Crippen LogP contribution in [0, 0.1) is 12.3 Å². The average Bonchev–Trinajstić information content (AvgIpc) is 2.98. The average molecular weight is 313 g/mol. The van der Waals surface area contributed by atoms with E-state index in [1.54, 1.807) is 12.1 Å². The van der Waals surface area contributed by atoms with E-state index in [4.69, 9.17) is 4.74 Å². The number of aryl methyl sites for hydroxylation is 1. The lowest BCUT2D eigenvalue weighted by atomic mass is 9.73. The van der Waals surface area contributed by atoms with E-state index in [1.165, 1.54) is 0 Å². The van der Waals surface area contributed by atoms with E-state index in [9.17, 15) is 9.90 Å². The Labute approximate surface area is 136 Å². The Balaban J connectivity index is 1.47. The number of phenols is 1. The fourth-order valence-corrected chi connectivity index (χ4v) is 4.29. The molecule has 0 amide bonds. The van der Waals surface area contributed by atoms with E-state index in [2.05, 4.69) is 4.90 Å². The van der Waals surface area contributed by atoms with Crippen molar-refractivity contribution in [2.45, 2.75) is 32.6 Å². The van der Waals surface area contributed by atoms with E-state index in [1.807, 2.05) is 13.0 Å². The van der Waals surface area contributed by atoms with Crippen LogP contribution in [0.2, 0.25) is 0 Å². The SMILES string of the molecule is Cc1cc(O)cc2c1C(C(=O)OCC13CCN(CC1)CC3)=CC2. The number of carbonyl (C=O) groups is 1. The van der Waals surface area contributed by atoms with Crippen molar-refractivity contribution in [3.8, 4) is 5.75 Å². The van der Waals surface area contributed by atoms with E-state index in [0.717, 1.165) is 55.6 Å². The fourth-order valence-electron chi connectivity index (χ4n) is 4.29. The maximum Gasteiger partial charge on any atom is 0.338 e. The summed E-state index contributed by atoms with van der Waals surface area (Å²) in [6.45, 7) is 5.90. The summed E-state index contributed by atoms with van der Waals surface area (Å²) in [7, 11) is 0. The minimum Gasteiger partial charge on any atom is -0.508 e. The molecule has 122 valence electrons. The second kappa shape index (κ2) is 5.38. The number of ether oxygens (including phenoxy) is 1. The molecular formula is C19H23NO3. The largest absolute Gasteiger partial charge is 0.508 e. The van der Waals surface area contributed by atoms with Crippen molar-refractivity contribution in [2.24, 2.45) is 5.41 Å². The Kier molecular flexibility index (Phi) is 3.45. The number of fused-ring (bicyclic) bond motifs is 4. The van der Waals surface area contributed by atoms with Gasteiger partial charge < -0.3 is 14.7 Å². The zero-order valence-corrected chi connectivity index (χ0v) is 13.6. The number of hydrogen-bond donors (Lipinski definition) is 1. The van der Waals surface area contributed by atoms with Crippen molar-refractivity contribution in [1.29, 1.82) is 0 Å². The summed E-state index contributed by atoms with van der Waals surface area (Å²) < 4.78 is 5.74. The predicted octanol–water partition coefficient (Wildman–Crippen LogP) is 2.67. The Morgan fingerprint density at radius 2 is 1.96 bits per heavy atom. The Hall–Kier alpha value is -1.81. The van der Waals surface area contributed by atoms with Gasteiger partial charge in [-0.05, 0) is 81.1 Å². The first-order chi connectivity index (χ1) is 11.1. The quantitative estimate of drug-likeness (QED) is 0.872. The van der Waals surface area contributed by atoms with Gasteiger partial charge in [-0.3, -0.25) is 0 Å². The lowest BCUT2D eigenvalue weighted by Crippen LogP contribution is -2.50. The van der Waals surface area contributed by atoms with Gasteiger partial charge in [0.1, 0.15) is 5.75 Å². The Morgan fingerprint density at radius 3 is 2.65 bits per heavy atom. The van der Waals surface area contributed by atoms with Gasteiger partial charge in [-0.2, -0.15) is 0 Å². The lowest BCUT2D eigenvalue weighted by molar-refractivity contribution is -0.143. The predicted molar refractivity (Wildman–Crippen MR) is 88.2 cm³/mol. The normalized spacial score (nSPS) is 28.4. The highest BCUT2D eigenvalue weighted by Crippen LogP contribution is 2.41. The van der Waals surface area contributed by atoms with Crippen molar-refractivity contribution in [2.75, 3.05) is 26.2 Å². The minimum absolute atomic E-state index is 0.205. The molecule has 0 spiro atoms. The van der Waals surface area contributed by atoms with Crippen LogP contribution in [0.15, 0.2) is 18.2 Å². The molecule has 23 heavy (non-hydrogen) atoms. The van der Waals surface area contributed by atoms with Gasteiger partial charge >= 0.3 is 5.97 Å². The van der Waals surface area contributed by atoms with Crippen molar-refractivity contribution >= 4 is 11.5 Å². The summed E-state index contributed by atoms with van der Waals surface area (Å²) in [5.41, 5.74) is 3.77. The van der Waals surface area contributed by atoms with Crippen LogP contribution in [0.3, 0.4) is 0 Å². The van der Waals surface area contributed by atoms with Gasteiger partial charge in [-0.25, -0.2) is 4.79 Å². The number of benzene rings is 1. The van der Waals surface area contributed by atoms with Crippen LogP contribution in [-0.2, 0) is 16.0 Å². The molecule has 2 bridgehead atoms. The van der Waals surface area contributed by atoms with Gasteiger partial charge in [0.2, 0.25) is 0 Å². The number of carbonyl (C=O) groups excluding carboxylic acids is 1. The van der Waals surface area contributed by atoms with Crippen molar-refractivity contribution in [3.63, 3.8) is 0 Å². The van der Waals surface area contributed by atoms with E-state index < -0.39 is 0 Å². The fraction of sp³-hybridized carbons (Fsp3) is 0.526. The zero-order chi connectivity index (χ0) is 16.0. The van der Waals surface area contributed by atoms with Gasteiger partial charge in [-0.15, -0.1) is 0 Å². The Morgan fingerprint density at radius 1 is 1.26 bits per heavy atom. The van der Waals surface area contributed by atoms with Gasteiger partial charge in [-0.1, -0.05) is 6.08 Å². The molecule has 0 atom stereocenters. The van der Waals surface area contributed by atoms with Crippen molar-refractivity contribution in [1.82, 2.24) is 4.90 Å². The molecule has 4 aliphatic rings. The second-order valence-corrected chi connectivity index (χ2v) is 7.29. The summed E-state index contributed by atoms with van der Waals surface area (Å²) >= 11 is 0. The van der Waals surface area contributed by atoms with Gasteiger partial charge in [0, 0.05) is 5.41 Å². The van der Waals surface area contributed by atoms with Crippen LogP contribution in [0.25, 0.3) is 5.57 Å². The molecular weight excluding hydrogens is 290 g/mol. The molecule has 0 unspecified atom stereocenters. The summed E-state index contributed by atoms with van der Waals surface area (Å²) in [5.74, 6) is 0.0528. The highest BCUT2D eigenvalue weighted by atomic mass is 16.5. The number of allylic oxidation sites excluding steroid dienone is 1.